The second kappa shape index (κ2) is 5.71. The zero-order valence-corrected chi connectivity index (χ0v) is 11.0. The number of carbonyl (C=O) groups is 1. The summed E-state index contributed by atoms with van der Waals surface area (Å²) in [5.74, 6) is 0.125. The number of ether oxygens (including phenoxy) is 1. The number of nitrogens with two attached hydrogens (primary N) is 2. The molecule has 0 fully saturated rings. The zero-order valence-electron chi connectivity index (χ0n) is 11.0. The van der Waals surface area contributed by atoms with Gasteiger partial charge in [0.15, 0.2) is 0 Å². The van der Waals surface area contributed by atoms with E-state index >= 15 is 0 Å². The van der Waals surface area contributed by atoms with Gasteiger partial charge in [0.1, 0.15) is 17.3 Å². The summed E-state index contributed by atoms with van der Waals surface area (Å²) in [5, 5.41) is 0. The molecule has 2 aromatic carbocycles. The predicted molar refractivity (Wildman–Crippen MR) is 74.0 cm³/mol. The summed E-state index contributed by atoms with van der Waals surface area (Å²) in [4.78, 5) is 11.0. The molecule has 0 aliphatic carbocycles. The summed E-state index contributed by atoms with van der Waals surface area (Å²) in [6.07, 6.45) is 0. The first-order valence-electron chi connectivity index (χ1n) is 6.10. The molecule has 0 aromatic heterocycles. The van der Waals surface area contributed by atoms with E-state index in [-0.39, 0.29) is 11.9 Å². The molecule has 0 radical (unpaired) electrons. The standard InChI is InChI=1S/C15H15FN2O2/c1-9(17)13-8-11(16)4-7-14(13)20-12-5-2-10(3-6-12)15(18)19/h2-9H,17H2,1H3,(H2,18,19). The minimum absolute atomic E-state index is 0.356. The van der Waals surface area contributed by atoms with Crippen molar-refractivity contribution in [2.75, 3.05) is 0 Å². The van der Waals surface area contributed by atoms with Crippen molar-refractivity contribution in [1.29, 1.82) is 0 Å². The van der Waals surface area contributed by atoms with Crippen molar-refractivity contribution >= 4 is 5.91 Å². The molecule has 104 valence electrons. The van der Waals surface area contributed by atoms with Crippen LogP contribution in [0.5, 0.6) is 11.5 Å². The minimum atomic E-state index is -0.505. The Balaban J connectivity index is 2.27. The van der Waals surface area contributed by atoms with Gasteiger partial charge in [-0.1, -0.05) is 0 Å². The lowest BCUT2D eigenvalue weighted by molar-refractivity contribution is 0.100. The molecular formula is C15H15FN2O2. The first-order chi connectivity index (χ1) is 9.47. The van der Waals surface area contributed by atoms with Gasteiger partial charge in [-0.2, -0.15) is 0 Å². The fraction of sp³-hybridized carbons (Fsp3) is 0.133. The third-order valence-corrected chi connectivity index (χ3v) is 2.83. The highest BCUT2D eigenvalue weighted by Gasteiger charge is 2.11. The fourth-order valence-electron chi connectivity index (χ4n) is 1.78. The molecule has 0 saturated carbocycles. The lowest BCUT2D eigenvalue weighted by Crippen LogP contribution is -2.10. The SMILES string of the molecule is CC(N)c1cc(F)ccc1Oc1ccc(C(N)=O)cc1. The normalized spacial score (nSPS) is 11.9. The van der Waals surface area contributed by atoms with Gasteiger partial charge in [0.05, 0.1) is 0 Å². The topological polar surface area (TPSA) is 78.3 Å². The Kier molecular flexibility index (Phi) is 4.00. The maximum atomic E-state index is 13.2. The van der Waals surface area contributed by atoms with E-state index in [0.29, 0.717) is 22.6 Å². The van der Waals surface area contributed by atoms with Crippen molar-refractivity contribution in [3.05, 3.63) is 59.4 Å². The van der Waals surface area contributed by atoms with Crippen LogP contribution in [0.2, 0.25) is 0 Å². The van der Waals surface area contributed by atoms with Gasteiger partial charge in [0, 0.05) is 17.2 Å². The molecule has 0 aliphatic heterocycles. The molecule has 1 atom stereocenters. The molecule has 4 N–H and O–H groups in total. The van der Waals surface area contributed by atoms with Gasteiger partial charge in [-0.25, -0.2) is 4.39 Å². The monoisotopic (exact) mass is 274 g/mol. The predicted octanol–water partition coefficient (Wildman–Crippen LogP) is 2.74. The van der Waals surface area contributed by atoms with Crippen LogP contribution in [0.15, 0.2) is 42.5 Å². The Labute approximate surface area is 116 Å². The van der Waals surface area contributed by atoms with Crippen LogP contribution in [0.4, 0.5) is 4.39 Å². The van der Waals surface area contributed by atoms with E-state index in [4.69, 9.17) is 16.2 Å². The van der Waals surface area contributed by atoms with Crippen LogP contribution >= 0.6 is 0 Å². The highest BCUT2D eigenvalue weighted by atomic mass is 19.1. The highest BCUT2D eigenvalue weighted by Crippen LogP contribution is 2.29. The van der Waals surface area contributed by atoms with Crippen LogP contribution in [-0.2, 0) is 0 Å². The van der Waals surface area contributed by atoms with Crippen LogP contribution in [0.3, 0.4) is 0 Å². The van der Waals surface area contributed by atoms with Gasteiger partial charge in [0.2, 0.25) is 5.91 Å². The maximum Gasteiger partial charge on any atom is 0.248 e. The van der Waals surface area contributed by atoms with E-state index in [2.05, 4.69) is 0 Å². The second-order valence-corrected chi connectivity index (χ2v) is 4.46. The third kappa shape index (κ3) is 3.13. The first-order valence-corrected chi connectivity index (χ1v) is 6.10. The molecule has 5 heteroatoms. The molecule has 0 spiro atoms. The molecule has 2 aromatic rings. The number of benzene rings is 2. The van der Waals surface area contributed by atoms with E-state index in [9.17, 15) is 9.18 Å². The smallest absolute Gasteiger partial charge is 0.248 e. The van der Waals surface area contributed by atoms with E-state index < -0.39 is 5.91 Å². The quantitative estimate of drug-likeness (QED) is 0.899. The highest BCUT2D eigenvalue weighted by molar-refractivity contribution is 5.92. The van der Waals surface area contributed by atoms with Crippen LogP contribution in [0.25, 0.3) is 0 Å². The van der Waals surface area contributed by atoms with Crippen molar-refractivity contribution in [3.8, 4) is 11.5 Å². The summed E-state index contributed by atoms with van der Waals surface area (Å²) in [6.45, 7) is 1.75. The molecule has 2 rings (SSSR count). The molecule has 0 saturated heterocycles. The van der Waals surface area contributed by atoms with Crippen molar-refractivity contribution in [1.82, 2.24) is 0 Å². The van der Waals surface area contributed by atoms with Crippen molar-refractivity contribution in [2.45, 2.75) is 13.0 Å². The summed E-state index contributed by atoms with van der Waals surface area (Å²) in [6, 6.07) is 10.2. The number of hydrogen-bond donors (Lipinski definition) is 2. The number of amides is 1. The number of hydrogen-bond acceptors (Lipinski definition) is 3. The number of carbonyl (C=O) groups excluding carboxylic acids is 1. The maximum absolute atomic E-state index is 13.2. The molecule has 1 amide bonds. The summed E-state index contributed by atoms with van der Waals surface area (Å²) in [7, 11) is 0. The molecule has 0 bridgehead atoms. The van der Waals surface area contributed by atoms with Crippen LogP contribution < -0.4 is 16.2 Å². The second-order valence-electron chi connectivity index (χ2n) is 4.46. The Morgan fingerprint density at radius 3 is 2.40 bits per heavy atom. The molecule has 20 heavy (non-hydrogen) atoms. The van der Waals surface area contributed by atoms with Gasteiger partial charge in [-0.3, -0.25) is 4.79 Å². The van der Waals surface area contributed by atoms with Crippen LogP contribution in [0.1, 0.15) is 28.9 Å². The minimum Gasteiger partial charge on any atom is -0.457 e. The lowest BCUT2D eigenvalue weighted by atomic mass is 10.1. The number of primary amides is 1. The number of halogens is 1. The Morgan fingerprint density at radius 2 is 1.85 bits per heavy atom. The molecule has 0 heterocycles. The van der Waals surface area contributed by atoms with Crippen molar-refractivity contribution in [2.24, 2.45) is 11.5 Å². The van der Waals surface area contributed by atoms with Crippen molar-refractivity contribution < 1.29 is 13.9 Å². The molecule has 1 unspecified atom stereocenters. The Hall–Kier alpha value is -2.40. The largest absolute Gasteiger partial charge is 0.457 e. The van der Waals surface area contributed by atoms with E-state index in [1.807, 2.05) is 0 Å². The fourth-order valence-corrected chi connectivity index (χ4v) is 1.78. The summed E-state index contributed by atoms with van der Waals surface area (Å²) < 4.78 is 18.9. The average molecular weight is 274 g/mol. The summed E-state index contributed by atoms with van der Waals surface area (Å²) >= 11 is 0. The molecule has 4 nitrogen and oxygen atoms in total. The Bertz CT molecular complexity index is 624. The molecular weight excluding hydrogens is 259 g/mol. The van der Waals surface area contributed by atoms with Gasteiger partial charge < -0.3 is 16.2 Å². The van der Waals surface area contributed by atoms with Crippen LogP contribution in [-0.4, -0.2) is 5.91 Å². The Morgan fingerprint density at radius 1 is 1.20 bits per heavy atom. The first kappa shape index (κ1) is 14.0. The van der Waals surface area contributed by atoms with Crippen molar-refractivity contribution in [3.63, 3.8) is 0 Å². The lowest BCUT2D eigenvalue weighted by Gasteiger charge is -2.14. The van der Waals surface area contributed by atoms with Crippen LogP contribution in [0, 0.1) is 5.82 Å². The molecule has 0 aliphatic rings. The van der Waals surface area contributed by atoms with E-state index in [0.717, 1.165) is 0 Å². The van der Waals surface area contributed by atoms with Gasteiger partial charge in [0.25, 0.3) is 0 Å². The van der Waals surface area contributed by atoms with Gasteiger partial charge in [-0.15, -0.1) is 0 Å². The number of rotatable bonds is 4. The summed E-state index contributed by atoms with van der Waals surface area (Å²) in [5.41, 5.74) is 11.9. The average Bonchev–Trinajstić information content (AvgIpc) is 2.41. The van der Waals surface area contributed by atoms with E-state index in [1.165, 1.54) is 18.2 Å². The van der Waals surface area contributed by atoms with E-state index in [1.54, 1.807) is 31.2 Å². The zero-order chi connectivity index (χ0) is 14.7. The third-order valence-electron chi connectivity index (χ3n) is 2.83. The van der Waals surface area contributed by atoms with Gasteiger partial charge in [-0.05, 0) is 49.4 Å². The van der Waals surface area contributed by atoms with Gasteiger partial charge >= 0.3 is 0 Å².